The Morgan fingerprint density at radius 2 is 1.88 bits per heavy atom. The van der Waals surface area contributed by atoms with Gasteiger partial charge in [-0.25, -0.2) is 9.18 Å². The van der Waals surface area contributed by atoms with Crippen molar-refractivity contribution < 1.29 is 23.1 Å². The quantitative estimate of drug-likeness (QED) is 0.622. The Kier molecular flexibility index (Phi) is 5.30. The molecule has 0 spiro atoms. The van der Waals surface area contributed by atoms with Crippen LogP contribution in [0, 0.1) is 17.1 Å². The summed E-state index contributed by atoms with van der Waals surface area (Å²) in [5.74, 6) is 0.0253. The second-order valence-corrected chi connectivity index (χ2v) is 5.40. The van der Waals surface area contributed by atoms with Crippen LogP contribution in [0.2, 0.25) is 0 Å². The van der Waals surface area contributed by atoms with Gasteiger partial charge in [0.15, 0.2) is 0 Å². The normalized spacial score (nSPS) is 10.2. The van der Waals surface area contributed by atoms with Gasteiger partial charge in [0.25, 0.3) is 0 Å². The number of furan rings is 1. The molecule has 3 aromatic rings. The molecule has 130 valence electrons. The van der Waals surface area contributed by atoms with E-state index in [4.69, 9.17) is 19.2 Å². The van der Waals surface area contributed by atoms with E-state index in [1.807, 2.05) is 6.07 Å². The smallest absolute Gasteiger partial charge is 0.374 e. The number of rotatable bonds is 6. The number of nitrogens with zero attached hydrogens (tertiary/aromatic N) is 1. The summed E-state index contributed by atoms with van der Waals surface area (Å²) in [6, 6.07) is 17.5. The maximum atomic E-state index is 12.8. The highest BCUT2D eigenvalue weighted by Gasteiger charge is 2.13. The predicted molar refractivity (Wildman–Crippen MR) is 89.7 cm³/mol. The van der Waals surface area contributed by atoms with Crippen LogP contribution < -0.4 is 4.74 Å². The minimum atomic E-state index is -0.611. The van der Waals surface area contributed by atoms with Crippen molar-refractivity contribution in [2.45, 2.75) is 13.2 Å². The molecule has 6 heteroatoms. The van der Waals surface area contributed by atoms with Crippen molar-refractivity contribution in [3.63, 3.8) is 0 Å². The molecule has 0 saturated heterocycles. The summed E-state index contributed by atoms with van der Waals surface area (Å²) in [5, 5.41) is 8.86. The van der Waals surface area contributed by atoms with Crippen LogP contribution >= 0.6 is 0 Å². The zero-order chi connectivity index (χ0) is 18.4. The second kappa shape index (κ2) is 7.99. The average Bonchev–Trinajstić information content (AvgIpc) is 3.15. The molecule has 5 nitrogen and oxygen atoms in total. The van der Waals surface area contributed by atoms with Crippen molar-refractivity contribution in [3.05, 3.63) is 89.1 Å². The Morgan fingerprint density at radius 1 is 1.08 bits per heavy atom. The molecule has 1 heterocycles. The number of esters is 1. The Hall–Kier alpha value is -3.59. The van der Waals surface area contributed by atoms with Crippen molar-refractivity contribution in [1.29, 1.82) is 5.26 Å². The van der Waals surface area contributed by atoms with Crippen LogP contribution in [0.15, 0.2) is 65.1 Å². The Morgan fingerprint density at radius 3 is 2.65 bits per heavy atom. The highest BCUT2D eigenvalue weighted by molar-refractivity contribution is 5.86. The topological polar surface area (TPSA) is 72.5 Å². The van der Waals surface area contributed by atoms with Gasteiger partial charge in [0.1, 0.15) is 30.5 Å². The second-order valence-electron chi connectivity index (χ2n) is 5.40. The molecule has 1 aromatic heterocycles. The fourth-order valence-electron chi connectivity index (χ4n) is 2.20. The van der Waals surface area contributed by atoms with Gasteiger partial charge in [0, 0.05) is 0 Å². The van der Waals surface area contributed by atoms with Crippen LogP contribution in [0.3, 0.4) is 0 Å². The van der Waals surface area contributed by atoms with Crippen LogP contribution in [-0.4, -0.2) is 5.97 Å². The predicted octanol–water partition coefficient (Wildman–Crippen LogP) is 4.23. The van der Waals surface area contributed by atoms with E-state index >= 15 is 0 Å². The van der Waals surface area contributed by atoms with E-state index in [1.54, 1.807) is 30.3 Å². The van der Waals surface area contributed by atoms with E-state index in [1.165, 1.54) is 30.3 Å². The third kappa shape index (κ3) is 4.48. The molecule has 0 aliphatic rings. The summed E-state index contributed by atoms with van der Waals surface area (Å²) in [7, 11) is 0. The lowest BCUT2D eigenvalue weighted by atomic mass is 10.1. The van der Waals surface area contributed by atoms with E-state index < -0.39 is 5.97 Å². The van der Waals surface area contributed by atoms with Crippen molar-refractivity contribution in [2.75, 3.05) is 0 Å². The van der Waals surface area contributed by atoms with E-state index in [9.17, 15) is 9.18 Å². The standard InChI is InChI=1S/C20H14FNO4/c21-16-4-6-17(7-5-16)24-13-18-8-9-19(26-18)20(23)25-12-15-3-1-2-14(10-15)11-22/h1-10H,12-13H2. The maximum Gasteiger partial charge on any atom is 0.374 e. The molecular weight excluding hydrogens is 337 g/mol. The van der Waals surface area contributed by atoms with Crippen LogP contribution in [0.25, 0.3) is 0 Å². The van der Waals surface area contributed by atoms with Gasteiger partial charge in [-0.3, -0.25) is 0 Å². The fourth-order valence-corrected chi connectivity index (χ4v) is 2.20. The Bertz CT molecular complexity index is 941. The number of carbonyl (C=O) groups excluding carboxylic acids is 1. The summed E-state index contributed by atoms with van der Waals surface area (Å²) in [6.07, 6.45) is 0. The number of benzene rings is 2. The lowest BCUT2D eigenvalue weighted by Crippen LogP contribution is -2.04. The molecule has 0 fully saturated rings. The maximum absolute atomic E-state index is 12.8. The number of halogens is 1. The van der Waals surface area contributed by atoms with Crippen LogP contribution in [0.1, 0.15) is 27.4 Å². The third-order valence-electron chi connectivity index (χ3n) is 3.48. The van der Waals surface area contributed by atoms with Gasteiger partial charge >= 0.3 is 5.97 Å². The zero-order valence-corrected chi connectivity index (χ0v) is 13.6. The minimum absolute atomic E-state index is 0.0382. The monoisotopic (exact) mass is 351 g/mol. The van der Waals surface area contributed by atoms with Gasteiger partial charge in [-0.15, -0.1) is 0 Å². The molecule has 0 bridgehead atoms. The number of carbonyl (C=O) groups is 1. The zero-order valence-electron chi connectivity index (χ0n) is 13.6. The lowest BCUT2D eigenvalue weighted by Gasteiger charge is -2.04. The molecule has 0 unspecified atom stereocenters. The van der Waals surface area contributed by atoms with Crippen LogP contribution in [-0.2, 0) is 18.0 Å². The molecule has 0 aliphatic heterocycles. The van der Waals surface area contributed by atoms with Gasteiger partial charge in [-0.2, -0.15) is 5.26 Å². The molecule has 0 amide bonds. The Labute approximate surface area is 149 Å². The fraction of sp³-hybridized carbons (Fsp3) is 0.100. The van der Waals surface area contributed by atoms with Gasteiger partial charge in [-0.05, 0) is 54.1 Å². The van der Waals surface area contributed by atoms with Crippen molar-refractivity contribution >= 4 is 5.97 Å². The molecule has 0 saturated carbocycles. The van der Waals surface area contributed by atoms with E-state index in [0.717, 1.165) is 0 Å². The molecule has 26 heavy (non-hydrogen) atoms. The van der Waals surface area contributed by atoms with E-state index in [0.29, 0.717) is 22.6 Å². The molecule has 0 N–H and O–H groups in total. The first-order chi connectivity index (χ1) is 12.6. The van der Waals surface area contributed by atoms with Gasteiger partial charge in [0.05, 0.1) is 11.6 Å². The van der Waals surface area contributed by atoms with Crippen molar-refractivity contribution in [2.24, 2.45) is 0 Å². The van der Waals surface area contributed by atoms with Gasteiger partial charge in [-0.1, -0.05) is 12.1 Å². The summed E-state index contributed by atoms with van der Waals surface area (Å²) in [5.41, 5.74) is 1.21. The lowest BCUT2D eigenvalue weighted by molar-refractivity contribution is 0.0432. The number of nitriles is 1. The number of hydrogen-bond donors (Lipinski definition) is 0. The van der Waals surface area contributed by atoms with Crippen molar-refractivity contribution in [3.8, 4) is 11.8 Å². The summed E-state index contributed by atoms with van der Waals surface area (Å²) in [6.45, 7) is 0.138. The molecule has 3 rings (SSSR count). The SMILES string of the molecule is N#Cc1cccc(COC(=O)c2ccc(COc3ccc(F)cc3)o2)c1. The highest BCUT2D eigenvalue weighted by Crippen LogP contribution is 2.16. The first-order valence-corrected chi connectivity index (χ1v) is 7.77. The summed E-state index contributed by atoms with van der Waals surface area (Å²) < 4.78 is 28.9. The van der Waals surface area contributed by atoms with Crippen LogP contribution in [0.5, 0.6) is 5.75 Å². The van der Waals surface area contributed by atoms with Crippen molar-refractivity contribution in [1.82, 2.24) is 0 Å². The van der Waals surface area contributed by atoms with Gasteiger partial charge < -0.3 is 13.9 Å². The first-order valence-electron chi connectivity index (χ1n) is 7.77. The summed E-state index contributed by atoms with van der Waals surface area (Å²) >= 11 is 0. The number of ether oxygens (including phenoxy) is 2. The average molecular weight is 351 g/mol. The van der Waals surface area contributed by atoms with Gasteiger partial charge in [0.2, 0.25) is 5.76 Å². The molecule has 0 atom stereocenters. The molecule has 0 aliphatic carbocycles. The first kappa shape index (κ1) is 17.2. The minimum Gasteiger partial charge on any atom is -0.486 e. The Balaban J connectivity index is 1.54. The molecule has 2 aromatic carbocycles. The molecule has 0 radical (unpaired) electrons. The number of hydrogen-bond acceptors (Lipinski definition) is 5. The molecular formula is C20H14FNO4. The largest absolute Gasteiger partial charge is 0.486 e. The highest BCUT2D eigenvalue weighted by atomic mass is 19.1. The summed E-state index contributed by atoms with van der Waals surface area (Å²) in [4.78, 5) is 12.0. The third-order valence-corrected chi connectivity index (χ3v) is 3.48. The van der Waals surface area contributed by atoms with E-state index in [2.05, 4.69) is 0 Å². The van der Waals surface area contributed by atoms with E-state index in [-0.39, 0.29) is 24.8 Å². The van der Waals surface area contributed by atoms with Crippen LogP contribution in [0.4, 0.5) is 4.39 Å².